The fourth-order valence-corrected chi connectivity index (χ4v) is 2.78. The highest BCUT2D eigenvalue weighted by Crippen LogP contribution is 2.19. The lowest BCUT2D eigenvalue weighted by molar-refractivity contribution is 0.0955. The zero-order chi connectivity index (χ0) is 16.2. The van der Waals surface area contributed by atoms with Gasteiger partial charge in [-0.25, -0.2) is 0 Å². The summed E-state index contributed by atoms with van der Waals surface area (Å²) in [6.07, 6.45) is 2.74. The van der Waals surface area contributed by atoms with Gasteiger partial charge in [0.2, 0.25) is 0 Å². The Morgan fingerprint density at radius 1 is 1.17 bits per heavy atom. The number of hydrogen-bond acceptors (Lipinski definition) is 2. The van der Waals surface area contributed by atoms with Gasteiger partial charge in [-0.2, -0.15) is 0 Å². The van der Waals surface area contributed by atoms with Crippen LogP contribution in [-0.4, -0.2) is 24.1 Å². The number of hydrogen-bond donors (Lipinski definition) is 1. The van der Waals surface area contributed by atoms with Crippen LogP contribution < -0.4 is 10.1 Å². The fraction of sp³-hybridized carbons (Fsp3) is 0.211. The van der Waals surface area contributed by atoms with Crippen molar-refractivity contribution in [2.75, 3.05) is 13.7 Å². The molecule has 118 valence electrons. The Balaban J connectivity index is 1.68. The summed E-state index contributed by atoms with van der Waals surface area (Å²) in [4.78, 5) is 12.5. The van der Waals surface area contributed by atoms with Crippen LogP contribution in [0.2, 0.25) is 0 Å². The second-order valence-corrected chi connectivity index (χ2v) is 5.53. The van der Waals surface area contributed by atoms with E-state index in [9.17, 15) is 4.79 Å². The second-order valence-electron chi connectivity index (χ2n) is 5.53. The predicted molar refractivity (Wildman–Crippen MR) is 92.0 cm³/mol. The maximum Gasteiger partial charge on any atom is 0.253 e. The van der Waals surface area contributed by atoms with Crippen LogP contribution >= 0.6 is 0 Å². The highest BCUT2D eigenvalue weighted by atomic mass is 16.5. The van der Waals surface area contributed by atoms with E-state index in [1.165, 1.54) is 0 Å². The van der Waals surface area contributed by atoms with Crippen LogP contribution in [0.25, 0.3) is 10.9 Å². The molecular formula is C19H20N2O2. The van der Waals surface area contributed by atoms with Gasteiger partial charge in [-0.3, -0.25) is 4.79 Å². The molecule has 1 N–H and O–H groups in total. The first kappa shape index (κ1) is 15.2. The number of benzene rings is 2. The van der Waals surface area contributed by atoms with E-state index >= 15 is 0 Å². The average molecular weight is 308 g/mol. The van der Waals surface area contributed by atoms with E-state index in [0.717, 1.165) is 28.6 Å². The number of fused-ring (bicyclic) bond motifs is 1. The first-order valence-corrected chi connectivity index (χ1v) is 7.64. The van der Waals surface area contributed by atoms with Crippen molar-refractivity contribution < 1.29 is 9.53 Å². The molecule has 1 aromatic heterocycles. The number of carbonyl (C=O) groups excluding carboxylic acids is 1. The van der Waals surface area contributed by atoms with Crippen molar-refractivity contribution in [3.63, 3.8) is 0 Å². The third-order valence-corrected chi connectivity index (χ3v) is 3.98. The minimum Gasteiger partial charge on any atom is -0.497 e. The average Bonchev–Trinajstić information content (AvgIpc) is 2.96. The van der Waals surface area contributed by atoms with E-state index in [1.807, 2.05) is 66.3 Å². The van der Waals surface area contributed by atoms with Crippen LogP contribution in [0.3, 0.4) is 0 Å². The van der Waals surface area contributed by atoms with E-state index in [0.29, 0.717) is 12.1 Å². The van der Waals surface area contributed by atoms with Crippen LogP contribution in [0, 0.1) is 0 Å². The minimum absolute atomic E-state index is 0.0414. The van der Waals surface area contributed by atoms with Crippen LogP contribution in [0.5, 0.6) is 5.75 Å². The Morgan fingerprint density at radius 3 is 2.83 bits per heavy atom. The number of aromatic nitrogens is 1. The molecule has 0 atom stereocenters. The smallest absolute Gasteiger partial charge is 0.253 e. The van der Waals surface area contributed by atoms with Crippen LogP contribution in [0.15, 0.2) is 54.7 Å². The lowest BCUT2D eigenvalue weighted by Gasteiger charge is -2.09. The summed E-state index contributed by atoms with van der Waals surface area (Å²) in [6, 6.07) is 15.7. The van der Waals surface area contributed by atoms with E-state index in [-0.39, 0.29) is 5.91 Å². The molecule has 0 fully saturated rings. The summed E-state index contributed by atoms with van der Waals surface area (Å²) >= 11 is 0. The van der Waals surface area contributed by atoms with Gasteiger partial charge in [0.1, 0.15) is 5.75 Å². The molecule has 1 amide bonds. The number of methoxy groups -OCH3 is 1. The molecular weight excluding hydrogens is 288 g/mol. The summed E-state index contributed by atoms with van der Waals surface area (Å²) in [7, 11) is 3.61. The number of para-hydroxylation sites is 1. The summed E-state index contributed by atoms with van der Waals surface area (Å²) in [5, 5.41) is 4.08. The quantitative estimate of drug-likeness (QED) is 0.787. The van der Waals surface area contributed by atoms with Crippen molar-refractivity contribution in [3.8, 4) is 5.75 Å². The number of ether oxygens (including phenoxy) is 1. The molecule has 23 heavy (non-hydrogen) atoms. The third kappa shape index (κ3) is 3.21. The lowest BCUT2D eigenvalue weighted by Crippen LogP contribution is -2.26. The standard InChI is InChI=1S/C19H20N2O2/c1-21-12-10-15-6-4-8-17(18(15)21)19(22)20-11-9-14-5-3-7-16(13-14)23-2/h3-8,10,12-13H,9,11H2,1-2H3,(H,20,22). The molecule has 0 bridgehead atoms. The Morgan fingerprint density at radius 2 is 2.00 bits per heavy atom. The summed E-state index contributed by atoms with van der Waals surface area (Å²) in [5.74, 6) is 0.794. The summed E-state index contributed by atoms with van der Waals surface area (Å²) in [6.45, 7) is 0.590. The van der Waals surface area contributed by atoms with Gasteiger partial charge < -0.3 is 14.6 Å². The zero-order valence-electron chi connectivity index (χ0n) is 13.4. The lowest BCUT2D eigenvalue weighted by atomic mass is 10.1. The molecule has 2 aromatic carbocycles. The molecule has 0 aliphatic rings. The SMILES string of the molecule is COc1cccc(CCNC(=O)c2cccc3ccn(C)c23)c1. The summed E-state index contributed by atoms with van der Waals surface area (Å²) < 4.78 is 7.19. The first-order valence-electron chi connectivity index (χ1n) is 7.64. The molecule has 4 heteroatoms. The first-order chi connectivity index (χ1) is 11.2. The van der Waals surface area contributed by atoms with Crippen LogP contribution in [0.4, 0.5) is 0 Å². The molecule has 0 aliphatic carbocycles. The van der Waals surface area contributed by atoms with E-state index in [4.69, 9.17) is 4.74 Å². The molecule has 0 unspecified atom stereocenters. The number of nitrogens with one attached hydrogen (secondary N) is 1. The second kappa shape index (κ2) is 6.57. The maximum atomic E-state index is 12.5. The van der Waals surface area contributed by atoms with Crippen LogP contribution in [0.1, 0.15) is 15.9 Å². The van der Waals surface area contributed by atoms with Crippen molar-refractivity contribution in [2.24, 2.45) is 7.05 Å². The monoisotopic (exact) mass is 308 g/mol. The van der Waals surface area contributed by atoms with Crippen molar-refractivity contribution in [2.45, 2.75) is 6.42 Å². The van der Waals surface area contributed by atoms with E-state index in [1.54, 1.807) is 7.11 Å². The predicted octanol–water partition coefficient (Wildman–Crippen LogP) is 3.16. The third-order valence-electron chi connectivity index (χ3n) is 3.98. The number of rotatable bonds is 5. The number of carbonyl (C=O) groups is 1. The van der Waals surface area contributed by atoms with Gasteiger partial charge in [0.05, 0.1) is 18.2 Å². The molecule has 3 rings (SSSR count). The molecule has 0 saturated carbocycles. The maximum absolute atomic E-state index is 12.5. The van der Waals surface area contributed by atoms with Gasteiger partial charge in [0.15, 0.2) is 0 Å². The molecule has 1 heterocycles. The van der Waals surface area contributed by atoms with Gasteiger partial charge in [-0.15, -0.1) is 0 Å². The minimum atomic E-state index is -0.0414. The summed E-state index contributed by atoms with van der Waals surface area (Å²) in [5.41, 5.74) is 2.81. The van der Waals surface area contributed by atoms with E-state index < -0.39 is 0 Å². The Hall–Kier alpha value is -2.75. The largest absolute Gasteiger partial charge is 0.497 e. The topological polar surface area (TPSA) is 43.3 Å². The Kier molecular flexibility index (Phi) is 4.33. The van der Waals surface area contributed by atoms with Crippen LogP contribution in [-0.2, 0) is 13.5 Å². The molecule has 0 aliphatic heterocycles. The zero-order valence-corrected chi connectivity index (χ0v) is 13.4. The number of nitrogens with zero attached hydrogens (tertiary/aromatic N) is 1. The molecule has 0 spiro atoms. The molecule has 4 nitrogen and oxygen atoms in total. The van der Waals surface area contributed by atoms with Crippen molar-refractivity contribution in [3.05, 3.63) is 65.9 Å². The van der Waals surface area contributed by atoms with E-state index in [2.05, 4.69) is 5.32 Å². The van der Waals surface area contributed by atoms with Crippen molar-refractivity contribution in [1.82, 2.24) is 9.88 Å². The fourth-order valence-electron chi connectivity index (χ4n) is 2.78. The van der Waals surface area contributed by atoms with Gasteiger partial charge in [0.25, 0.3) is 5.91 Å². The van der Waals surface area contributed by atoms with Crippen molar-refractivity contribution >= 4 is 16.8 Å². The highest BCUT2D eigenvalue weighted by molar-refractivity contribution is 6.05. The van der Waals surface area contributed by atoms with Crippen molar-refractivity contribution in [1.29, 1.82) is 0 Å². The number of aryl methyl sites for hydroxylation is 1. The number of amides is 1. The van der Waals surface area contributed by atoms with Gasteiger partial charge in [0, 0.05) is 25.2 Å². The molecule has 3 aromatic rings. The highest BCUT2D eigenvalue weighted by Gasteiger charge is 2.11. The molecule has 0 saturated heterocycles. The van der Waals surface area contributed by atoms with Gasteiger partial charge in [-0.05, 0) is 36.2 Å². The molecule has 0 radical (unpaired) electrons. The van der Waals surface area contributed by atoms with Gasteiger partial charge >= 0.3 is 0 Å². The van der Waals surface area contributed by atoms with Gasteiger partial charge in [-0.1, -0.05) is 24.3 Å². The Labute approximate surface area is 135 Å². The Bertz CT molecular complexity index is 836. The normalized spacial score (nSPS) is 10.7.